The molecule has 0 bridgehead atoms. The Balaban J connectivity index is 2.71. The van der Waals surface area contributed by atoms with Crippen LogP contribution in [0.3, 0.4) is 0 Å². The van der Waals surface area contributed by atoms with E-state index in [1.807, 2.05) is 25.1 Å². The fourth-order valence-electron chi connectivity index (χ4n) is 1.27. The van der Waals surface area contributed by atoms with Crippen LogP contribution in [0.1, 0.15) is 6.92 Å². The molecule has 0 aliphatic carbocycles. The number of nitrogens with zero attached hydrogens (tertiary/aromatic N) is 1. The number of aromatic nitrogens is 1. The summed E-state index contributed by atoms with van der Waals surface area (Å²) in [5, 5.41) is 0. The third-order valence-corrected chi connectivity index (χ3v) is 1.80. The highest BCUT2D eigenvalue weighted by atomic mass is 16.4. The molecule has 68 valence electrons. The molecule has 4 nitrogen and oxygen atoms in total. The zero-order valence-corrected chi connectivity index (χ0v) is 7.28. The molecule has 0 spiro atoms. The van der Waals surface area contributed by atoms with Crippen molar-refractivity contribution in [2.45, 2.75) is 6.92 Å². The molecule has 2 rings (SSSR count). The van der Waals surface area contributed by atoms with Crippen LogP contribution in [0, 0.1) is 0 Å². The van der Waals surface area contributed by atoms with Crippen LogP contribution in [0.2, 0.25) is 0 Å². The maximum absolute atomic E-state index is 11.3. The van der Waals surface area contributed by atoms with Crippen molar-refractivity contribution in [3.63, 3.8) is 0 Å². The summed E-state index contributed by atoms with van der Waals surface area (Å²) in [6, 6.07) is 7.31. The van der Waals surface area contributed by atoms with E-state index in [1.54, 1.807) is 6.07 Å². The van der Waals surface area contributed by atoms with E-state index >= 15 is 0 Å². The van der Waals surface area contributed by atoms with Crippen LogP contribution in [0.15, 0.2) is 33.5 Å². The number of rotatable bonds is 2. The Kier molecular flexibility index (Phi) is 1.81. The second-order valence-electron chi connectivity index (χ2n) is 2.68. The third kappa shape index (κ3) is 1.20. The number of oxazole rings is 1. The molecule has 0 aliphatic rings. The van der Waals surface area contributed by atoms with E-state index in [4.69, 9.17) is 4.42 Å². The minimum absolute atomic E-state index is 0.372. The predicted octanol–water partition coefficient (Wildman–Crippen LogP) is 1.16. The summed E-state index contributed by atoms with van der Waals surface area (Å²) in [6.45, 7) is 2.61. The lowest BCUT2D eigenvalue weighted by Crippen LogP contribution is -2.24. The third-order valence-electron chi connectivity index (χ3n) is 1.80. The molecule has 0 aliphatic heterocycles. The zero-order valence-electron chi connectivity index (χ0n) is 7.28. The maximum atomic E-state index is 11.3. The first-order chi connectivity index (χ1) is 6.33. The van der Waals surface area contributed by atoms with Crippen molar-refractivity contribution < 1.29 is 4.42 Å². The lowest BCUT2D eigenvalue weighted by Gasteiger charge is -2.00. The van der Waals surface area contributed by atoms with Crippen LogP contribution < -0.4 is 11.2 Å². The molecule has 0 radical (unpaired) electrons. The Hall–Kier alpha value is -1.71. The number of hydrogen-bond donors (Lipinski definition) is 1. The lowest BCUT2D eigenvalue weighted by atomic mass is 10.3. The van der Waals surface area contributed by atoms with Gasteiger partial charge in [0.05, 0.1) is 0 Å². The number of fused-ring (bicyclic) bond motifs is 1. The Labute approximate surface area is 74.7 Å². The smallest absolute Gasteiger partial charge is 0.406 e. The maximum Gasteiger partial charge on any atom is 0.438 e. The van der Waals surface area contributed by atoms with Gasteiger partial charge in [-0.05, 0) is 19.1 Å². The molecule has 0 saturated carbocycles. The molecule has 1 aromatic carbocycles. The quantitative estimate of drug-likeness (QED) is 0.750. The summed E-state index contributed by atoms with van der Waals surface area (Å²) in [5.41, 5.74) is 4.29. The second kappa shape index (κ2) is 2.97. The fourth-order valence-corrected chi connectivity index (χ4v) is 1.27. The van der Waals surface area contributed by atoms with E-state index in [9.17, 15) is 4.79 Å². The molecule has 0 unspecified atom stereocenters. The van der Waals surface area contributed by atoms with Gasteiger partial charge in [0.1, 0.15) is 5.52 Å². The average Bonchev–Trinajstić information content (AvgIpc) is 2.44. The van der Waals surface area contributed by atoms with Gasteiger partial charge in [-0.15, -0.1) is 0 Å². The molecule has 0 fully saturated rings. The zero-order chi connectivity index (χ0) is 9.26. The molecule has 0 amide bonds. The van der Waals surface area contributed by atoms with Gasteiger partial charge in [0.25, 0.3) is 0 Å². The van der Waals surface area contributed by atoms with Crippen molar-refractivity contribution in [2.24, 2.45) is 0 Å². The van der Waals surface area contributed by atoms with Gasteiger partial charge in [-0.1, -0.05) is 12.1 Å². The Morgan fingerprint density at radius 3 is 3.00 bits per heavy atom. The van der Waals surface area contributed by atoms with Crippen LogP contribution in [-0.4, -0.2) is 11.2 Å². The highest BCUT2D eigenvalue weighted by Gasteiger charge is 2.05. The van der Waals surface area contributed by atoms with E-state index in [2.05, 4.69) is 5.43 Å². The molecule has 13 heavy (non-hydrogen) atoms. The van der Waals surface area contributed by atoms with E-state index < -0.39 is 0 Å². The topological polar surface area (TPSA) is 47.2 Å². The molecule has 0 atom stereocenters. The molecule has 1 aromatic heterocycles. The van der Waals surface area contributed by atoms with Crippen LogP contribution >= 0.6 is 0 Å². The fraction of sp³-hybridized carbons (Fsp3) is 0.222. The summed E-state index contributed by atoms with van der Waals surface area (Å²) in [7, 11) is 0. The van der Waals surface area contributed by atoms with Gasteiger partial charge in [-0.3, -0.25) is 0 Å². The van der Waals surface area contributed by atoms with Crippen molar-refractivity contribution in [3.05, 3.63) is 34.8 Å². The molecule has 1 heterocycles. The van der Waals surface area contributed by atoms with Gasteiger partial charge in [0.15, 0.2) is 5.58 Å². The number of nitrogens with one attached hydrogen (secondary N) is 1. The van der Waals surface area contributed by atoms with Crippen LogP contribution in [0.5, 0.6) is 0 Å². The van der Waals surface area contributed by atoms with Gasteiger partial charge < -0.3 is 9.84 Å². The van der Waals surface area contributed by atoms with Crippen molar-refractivity contribution >= 4 is 11.1 Å². The minimum atomic E-state index is -0.372. The summed E-state index contributed by atoms with van der Waals surface area (Å²) >= 11 is 0. The van der Waals surface area contributed by atoms with Gasteiger partial charge in [-0.2, -0.15) is 4.68 Å². The highest BCUT2D eigenvalue weighted by Crippen LogP contribution is 2.09. The van der Waals surface area contributed by atoms with E-state index in [0.29, 0.717) is 12.1 Å². The first-order valence-electron chi connectivity index (χ1n) is 4.17. The predicted molar refractivity (Wildman–Crippen MR) is 50.4 cm³/mol. The van der Waals surface area contributed by atoms with Crippen molar-refractivity contribution in [1.29, 1.82) is 0 Å². The molecule has 2 aromatic rings. The molecular weight excluding hydrogens is 168 g/mol. The first-order valence-corrected chi connectivity index (χ1v) is 4.17. The monoisotopic (exact) mass is 178 g/mol. The number of benzene rings is 1. The van der Waals surface area contributed by atoms with Crippen molar-refractivity contribution in [1.82, 2.24) is 4.68 Å². The summed E-state index contributed by atoms with van der Waals surface area (Å²) in [4.78, 5) is 11.3. The Morgan fingerprint density at radius 1 is 1.46 bits per heavy atom. The van der Waals surface area contributed by atoms with Gasteiger partial charge in [0.2, 0.25) is 0 Å². The van der Waals surface area contributed by atoms with Gasteiger partial charge in [0, 0.05) is 6.54 Å². The standard InChI is InChI=1S/C9H10N2O2/c1-2-10-11-7-5-3-4-6-8(7)13-9(11)12/h3-6,10H,2H2,1H3. The van der Waals surface area contributed by atoms with Crippen LogP contribution in [0.4, 0.5) is 0 Å². The molecule has 0 saturated heterocycles. The van der Waals surface area contributed by atoms with E-state index in [-0.39, 0.29) is 5.76 Å². The normalized spacial score (nSPS) is 10.5. The van der Waals surface area contributed by atoms with Crippen molar-refractivity contribution in [2.75, 3.05) is 12.0 Å². The molecular formula is C9H10N2O2. The average molecular weight is 178 g/mol. The summed E-state index contributed by atoms with van der Waals surface area (Å²) in [6.07, 6.45) is 0. The Morgan fingerprint density at radius 2 is 2.23 bits per heavy atom. The van der Waals surface area contributed by atoms with Crippen LogP contribution in [-0.2, 0) is 0 Å². The number of para-hydroxylation sites is 2. The molecule has 4 heteroatoms. The van der Waals surface area contributed by atoms with E-state index in [1.165, 1.54) is 4.68 Å². The number of hydrogen-bond acceptors (Lipinski definition) is 3. The Bertz CT molecular complexity index is 470. The SMILES string of the molecule is CCNn1c(=O)oc2ccccc21. The minimum Gasteiger partial charge on any atom is -0.406 e. The first kappa shape index (κ1) is 7.91. The second-order valence-corrected chi connectivity index (χ2v) is 2.68. The summed E-state index contributed by atoms with van der Waals surface area (Å²) < 4.78 is 6.41. The lowest BCUT2D eigenvalue weighted by molar-refractivity contribution is 0.528. The highest BCUT2D eigenvalue weighted by molar-refractivity contribution is 5.72. The largest absolute Gasteiger partial charge is 0.438 e. The summed E-state index contributed by atoms with van der Waals surface area (Å²) in [5.74, 6) is -0.372. The van der Waals surface area contributed by atoms with Crippen LogP contribution in [0.25, 0.3) is 11.1 Å². The van der Waals surface area contributed by atoms with Gasteiger partial charge in [-0.25, -0.2) is 4.79 Å². The van der Waals surface area contributed by atoms with Gasteiger partial charge >= 0.3 is 5.76 Å². The van der Waals surface area contributed by atoms with Crippen molar-refractivity contribution in [3.8, 4) is 0 Å². The molecule has 1 N–H and O–H groups in total. The van der Waals surface area contributed by atoms with E-state index in [0.717, 1.165) is 5.52 Å².